The first-order chi connectivity index (χ1) is 16.5. The fourth-order valence-corrected chi connectivity index (χ4v) is 3.72. The number of rotatable bonds is 6. The molecule has 0 bridgehead atoms. The van der Waals surface area contributed by atoms with Crippen molar-refractivity contribution in [3.63, 3.8) is 0 Å². The van der Waals surface area contributed by atoms with Crippen LogP contribution in [0.15, 0.2) is 79.0 Å². The van der Waals surface area contributed by atoms with E-state index in [1.165, 1.54) is 17.2 Å². The van der Waals surface area contributed by atoms with Gasteiger partial charge in [-0.1, -0.05) is 48.3 Å². The van der Waals surface area contributed by atoms with Gasteiger partial charge in [-0.25, -0.2) is 13.2 Å². The third kappa shape index (κ3) is 5.74. The molecule has 0 N–H and O–H groups in total. The van der Waals surface area contributed by atoms with Gasteiger partial charge in [0.15, 0.2) is 17.5 Å². The molecule has 4 rings (SSSR count). The van der Waals surface area contributed by atoms with Crippen molar-refractivity contribution < 1.29 is 13.2 Å². The van der Waals surface area contributed by atoms with Gasteiger partial charge in [0.2, 0.25) is 0 Å². The molecule has 3 aromatic carbocycles. The van der Waals surface area contributed by atoms with E-state index in [1.54, 1.807) is 12.1 Å². The molecule has 0 aliphatic carbocycles. The molecule has 0 unspecified atom stereocenters. The summed E-state index contributed by atoms with van der Waals surface area (Å²) in [5.74, 6) is 2.22. The quantitative estimate of drug-likeness (QED) is 0.168. The largest absolute Gasteiger partial charge is 0.261 e. The van der Waals surface area contributed by atoms with E-state index in [-0.39, 0.29) is 10.8 Å². The van der Waals surface area contributed by atoms with E-state index in [4.69, 9.17) is 0 Å². The van der Waals surface area contributed by atoms with E-state index in [0.29, 0.717) is 5.56 Å². The van der Waals surface area contributed by atoms with Gasteiger partial charge in [-0.3, -0.25) is 4.98 Å². The number of nitrogens with zero attached hydrogens (tertiary/aromatic N) is 1. The lowest BCUT2D eigenvalue weighted by Crippen LogP contribution is -1.96. The molecule has 4 heteroatoms. The summed E-state index contributed by atoms with van der Waals surface area (Å²) in [6.45, 7) is 2.03. The Morgan fingerprint density at radius 2 is 1.50 bits per heavy atom. The standard InChI is InChI=1S/C30H24F3N/c1-2-3-4-5-24-13-16-26(34-20-24)15-12-22-8-6-21(7-9-22)10-11-23-14-17-27-25(18-23)19-28(31)30(33)29(27)32/h2-3,6-9,13-14,16-20H,4-5,12,15H2,1H3/b3-2+. The first-order valence-electron chi connectivity index (χ1n) is 11.3. The summed E-state index contributed by atoms with van der Waals surface area (Å²) >= 11 is 0. The van der Waals surface area contributed by atoms with Crippen LogP contribution in [0.1, 0.15) is 41.3 Å². The second-order valence-electron chi connectivity index (χ2n) is 8.13. The Kier molecular flexibility index (Phi) is 7.44. The Bertz CT molecular complexity index is 1380. The summed E-state index contributed by atoms with van der Waals surface area (Å²) in [6.07, 6.45) is 9.98. The SMILES string of the molecule is C/C=C/CCc1ccc(CCc2ccc(C#Cc3ccc4c(F)c(F)c(F)cc4c3)cc2)nc1. The highest BCUT2D eigenvalue weighted by atomic mass is 19.2. The highest BCUT2D eigenvalue weighted by Gasteiger charge is 2.13. The van der Waals surface area contributed by atoms with Crippen LogP contribution >= 0.6 is 0 Å². The van der Waals surface area contributed by atoms with Gasteiger partial charge in [-0.2, -0.15) is 0 Å². The number of benzene rings is 3. The molecule has 0 saturated carbocycles. The van der Waals surface area contributed by atoms with Gasteiger partial charge in [-0.05, 0) is 85.5 Å². The Morgan fingerprint density at radius 1 is 0.765 bits per heavy atom. The number of fused-ring (bicyclic) bond motifs is 1. The van der Waals surface area contributed by atoms with Crippen molar-refractivity contribution in [2.24, 2.45) is 0 Å². The van der Waals surface area contributed by atoms with E-state index in [2.05, 4.69) is 41.1 Å². The molecule has 1 nitrogen and oxygen atoms in total. The van der Waals surface area contributed by atoms with Crippen molar-refractivity contribution in [3.05, 3.63) is 124 Å². The number of aromatic nitrogens is 1. The molecule has 0 saturated heterocycles. The van der Waals surface area contributed by atoms with E-state index >= 15 is 0 Å². The van der Waals surface area contributed by atoms with Crippen LogP contribution in [0.25, 0.3) is 10.8 Å². The van der Waals surface area contributed by atoms with Crippen molar-refractivity contribution >= 4 is 10.8 Å². The molecule has 1 aromatic heterocycles. The minimum absolute atomic E-state index is 0.0339. The number of pyridine rings is 1. The van der Waals surface area contributed by atoms with Crippen molar-refractivity contribution in [2.75, 3.05) is 0 Å². The predicted octanol–water partition coefficient (Wildman–Crippen LogP) is 7.35. The molecule has 0 amide bonds. The molecular weight excluding hydrogens is 431 g/mol. The van der Waals surface area contributed by atoms with Gasteiger partial charge in [0, 0.05) is 28.4 Å². The van der Waals surface area contributed by atoms with Crippen LogP contribution in [0.2, 0.25) is 0 Å². The number of aryl methyl sites for hydroxylation is 3. The van der Waals surface area contributed by atoms with Gasteiger partial charge in [0.05, 0.1) is 0 Å². The zero-order chi connectivity index (χ0) is 23.9. The second-order valence-corrected chi connectivity index (χ2v) is 8.13. The zero-order valence-corrected chi connectivity index (χ0v) is 18.9. The molecular formula is C30H24F3N. The van der Waals surface area contributed by atoms with Gasteiger partial charge in [0.1, 0.15) is 0 Å². The maximum Gasteiger partial charge on any atom is 0.195 e. The highest BCUT2D eigenvalue weighted by Crippen LogP contribution is 2.24. The molecule has 4 aromatic rings. The predicted molar refractivity (Wildman–Crippen MR) is 131 cm³/mol. The monoisotopic (exact) mass is 455 g/mol. The molecule has 0 aliphatic rings. The number of hydrogen-bond acceptors (Lipinski definition) is 1. The molecule has 170 valence electrons. The maximum atomic E-state index is 13.9. The van der Waals surface area contributed by atoms with E-state index in [9.17, 15) is 13.2 Å². The van der Waals surface area contributed by atoms with E-state index in [1.807, 2.05) is 37.4 Å². The third-order valence-electron chi connectivity index (χ3n) is 5.67. The molecule has 0 aliphatic heterocycles. The van der Waals surface area contributed by atoms with Crippen molar-refractivity contribution in [3.8, 4) is 11.8 Å². The average molecular weight is 456 g/mol. The van der Waals surface area contributed by atoms with Crippen molar-refractivity contribution in [1.82, 2.24) is 4.98 Å². The molecule has 34 heavy (non-hydrogen) atoms. The third-order valence-corrected chi connectivity index (χ3v) is 5.67. The van der Waals surface area contributed by atoms with Crippen LogP contribution in [0.5, 0.6) is 0 Å². The van der Waals surface area contributed by atoms with Gasteiger partial charge >= 0.3 is 0 Å². The first-order valence-corrected chi connectivity index (χ1v) is 11.3. The fraction of sp³-hybridized carbons (Fsp3) is 0.167. The number of hydrogen-bond donors (Lipinski definition) is 0. The summed E-state index contributed by atoms with van der Waals surface area (Å²) in [7, 11) is 0. The Labute approximate surface area is 198 Å². The van der Waals surface area contributed by atoms with Crippen molar-refractivity contribution in [1.29, 1.82) is 0 Å². The second kappa shape index (κ2) is 10.9. The van der Waals surface area contributed by atoms with Crippen LogP contribution in [-0.2, 0) is 19.3 Å². The minimum Gasteiger partial charge on any atom is -0.261 e. The molecule has 0 radical (unpaired) electrons. The lowest BCUT2D eigenvalue weighted by atomic mass is 10.0. The molecule has 1 heterocycles. The fourth-order valence-electron chi connectivity index (χ4n) is 3.72. The van der Waals surface area contributed by atoms with Gasteiger partial charge in [-0.15, -0.1) is 0 Å². The molecule has 0 spiro atoms. The smallest absolute Gasteiger partial charge is 0.195 e. The van der Waals surface area contributed by atoms with Crippen molar-refractivity contribution in [2.45, 2.75) is 32.6 Å². The van der Waals surface area contributed by atoms with Crippen LogP contribution in [0, 0.1) is 29.3 Å². The van der Waals surface area contributed by atoms with Crippen LogP contribution in [-0.4, -0.2) is 4.98 Å². The number of halogens is 3. The minimum atomic E-state index is -1.46. The summed E-state index contributed by atoms with van der Waals surface area (Å²) in [4.78, 5) is 4.58. The van der Waals surface area contributed by atoms with Crippen LogP contribution < -0.4 is 0 Å². The van der Waals surface area contributed by atoms with Crippen LogP contribution in [0.4, 0.5) is 13.2 Å². The van der Waals surface area contributed by atoms with E-state index < -0.39 is 17.5 Å². The normalized spacial score (nSPS) is 11.1. The summed E-state index contributed by atoms with van der Waals surface area (Å²) < 4.78 is 40.8. The van der Waals surface area contributed by atoms with Crippen LogP contribution in [0.3, 0.4) is 0 Å². The Hall–Kier alpha value is -3.84. The summed E-state index contributed by atoms with van der Waals surface area (Å²) in [6, 6.07) is 17.8. The Morgan fingerprint density at radius 3 is 2.24 bits per heavy atom. The summed E-state index contributed by atoms with van der Waals surface area (Å²) in [5.41, 5.74) is 4.95. The number of allylic oxidation sites excluding steroid dienone is 2. The van der Waals surface area contributed by atoms with E-state index in [0.717, 1.165) is 43.0 Å². The lowest BCUT2D eigenvalue weighted by Gasteiger charge is -2.04. The van der Waals surface area contributed by atoms with Gasteiger partial charge < -0.3 is 0 Å². The lowest BCUT2D eigenvalue weighted by molar-refractivity contribution is 0.453. The molecule has 0 atom stereocenters. The average Bonchev–Trinajstić information content (AvgIpc) is 2.86. The maximum absolute atomic E-state index is 13.9. The zero-order valence-electron chi connectivity index (χ0n) is 18.9. The summed E-state index contributed by atoms with van der Waals surface area (Å²) in [5, 5.41) is 0.310. The highest BCUT2D eigenvalue weighted by molar-refractivity contribution is 5.84. The van der Waals surface area contributed by atoms with Gasteiger partial charge in [0.25, 0.3) is 0 Å². The first kappa shape index (κ1) is 23.3. The topological polar surface area (TPSA) is 12.9 Å². The molecule has 0 fully saturated rings. The Balaban J connectivity index is 1.38.